The van der Waals surface area contributed by atoms with E-state index in [9.17, 15) is 5.11 Å². The van der Waals surface area contributed by atoms with Crippen LogP contribution >= 0.6 is 0 Å². The zero-order valence-electron chi connectivity index (χ0n) is 12.8. The average Bonchev–Trinajstić information content (AvgIpc) is 3.35. The molecular weight excluding hydrogens is 274 g/mol. The summed E-state index contributed by atoms with van der Waals surface area (Å²) in [6.07, 6.45) is 2.27. The van der Waals surface area contributed by atoms with Crippen LogP contribution in [0.3, 0.4) is 0 Å². The van der Waals surface area contributed by atoms with E-state index in [2.05, 4.69) is 29.6 Å². The minimum atomic E-state index is 0.154. The molecule has 0 spiro atoms. The molecular formula is C19H23NO2. The first-order chi connectivity index (χ1) is 10.8. The van der Waals surface area contributed by atoms with Crippen molar-refractivity contribution >= 4 is 0 Å². The van der Waals surface area contributed by atoms with Crippen molar-refractivity contribution in [3.05, 3.63) is 65.7 Å². The Morgan fingerprint density at radius 1 is 1.00 bits per heavy atom. The second-order valence-corrected chi connectivity index (χ2v) is 6.18. The molecule has 0 atom stereocenters. The summed E-state index contributed by atoms with van der Waals surface area (Å²) in [6.45, 7) is 2.58. The van der Waals surface area contributed by atoms with Gasteiger partial charge < -0.3 is 15.2 Å². The molecule has 3 nitrogen and oxygen atoms in total. The van der Waals surface area contributed by atoms with Crippen molar-refractivity contribution < 1.29 is 9.84 Å². The van der Waals surface area contributed by atoms with E-state index in [0.29, 0.717) is 13.2 Å². The second kappa shape index (κ2) is 6.95. The van der Waals surface area contributed by atoms with E-state index in [4.69, 9.17) is 4.74 Å². The number of benzene rings is 2. The summed E-state index contributed by atoms with van der Waals surface area (Å²) >= 11 is 0. The van der Waals surface area contributed by atoms with Crippen molar-refractivity contribution in [1.82, 2.24) is 5.32 Å². The highest BCUT2D eigenvalue weighted by Gasteiger charge is 2.41. The van der Waals surface area contributed by atoms with Crippen molar-refractivity contribution in [3.8, 4) is 5.75 Å². The molecule has 0 aromatic heterocycles. The van der Waals surface area contributed by atoms with E-state index in [0.717, 1.165) is 31.7 Å². The summed E-state index contributed by atoms with van der Waals surface area (Å²) in [5.74, 6) is 0.895. The summed E-state index contributed by atoms with van der Waals surface area (Å²) in [5.41, 5.74) is 2.53. The second-order valence-electron chi connectivity index (χ2n) is 6.18. The van der Waals surface area contributed by atoms with Crippen LogP contribution in [-0.4, -0.2) is 18.3 Å². The zero-order chi connectivity index (χ0) is 15.3. The first-order valence-electron chi connectivity index (χ1n) is 7.87. The molecule has 116 valence electrons. The van der Waals surface area contributed by atoms with Gasteiger partial charge in [-0.05, 0) is 36.1 Å². The van der Waals surface area contributed by atoms with Crippen LogP contribution in [0, 0.1) is 5.41 Å². The molecule has 0 bridgehead atoms. The fourth-order valence-corrected chi connectivity index (χ4v) is 2.53. The standard InChI is InChI=1S/C19H23NO2/c21-15-19(9-10-19)14-20-12-17-7-4-8-18(11-17)22-13-16-5-2-1-3-6-16/h1-8,11,20-21H,9-10,12-15H2. The molecule has 0 amide bonds. The van der Waals surface area contributed by atoms with Crippen LogP contribution in [0.4, 0.5) is 0 Å². The number of nitrogens with one attached hydrogen (secondary N) is 1. The van der Waals surface area contributed by atoms with Gasteiger partial charge in [0.05, 0.1) is 0 Å². The van der Waals surface area contributed by atoms with Crippen LogP contribution in [0.15, 0.2) is 54.6 Å². The van der Waals surface area contributed by atoms with Gasteiger partial charge in [-0.2, -0.15) is 0 Å². The Bertz CT molecular complexity index is 593. The Kier molecular flexibility index (Phi) is 4.76. The lowest BCUT2D eigenvalue weighted by Crippen LogP contribution is -2.26. The van der Waals surface area contributed by atoms with Crippen molar-refractivity contribution in [3.63, 3.8) is 0 Å². The number of hydrogen-bond acceptors (Lipinski definition) is 3. The van der Waals surface area contributed by atoms with E-state index in [1.165, 1.54) is 11.1 Å². The maximum atomic E-state index is 9.32. The Hall–Kier alpha value is -1.84. The third-order valence-electron chi connectivity index (χ3n) is 4.27. The quantitative estimate of drug-likeness (QED) is 0.786. The van der Waals surface area contributed by atoms with Crippen molar-refractivity contribution in [1.29, 1.82) is 0 Å². The molecule has 2 aromatic rings. The van der Waals surface area contributed by atoms with E-state index in [1.807, 2.05) is 30.3 Å². The number of rotatable bonds is 8. The first kappa shape index (κ1) is 15.1. The minimum Gasteiger partial charge on any atom is -0.489 e. The monoisotopic (exact) mass is 297 g/mol. The maximum absolute atomic E-state index is 9.32. The van der Waals surface area contributed by atoms with Gasteiger partial charge in [-0.3, -0.25) is 0 Å². The summed E-state index contributed by atoms with van der Waals surface area (Å²) in [6, 6.07) is 18.4. The highest BCUT2D eigenvalue weighted by molar-refractivity contribution is 5.29. The molecule has 0 aliphatic heterocycles. The van der Waals surface area contributed by atoms with Gasteiger partial charge in [-0.1, -0.05) is 42.5 Å². The number of hydrogen-bond donors (Lipinski definition) is 2. The maximum Gasteiger partial charge on any atom is 0.120 e. The van der Waals surface area contributed by atoms with Crippen molar-refractivity contribution in [2.75, 3.05) is 13.2 Å². The van der Waals surface area contributed by atoms with E-state index in [-0.39, 0.29) is 5.41 Å². The molecule has 0 unspecified atom stereocenters. The van der Waals surface area contributed by atoms with Crippen LogP contribution in [0.25, 0.3) is 0 Å². The molecule has 0 radical (unpaired) electrons. The molecule has 0 saturated heterocycles. The first-order valence-corrected chi connectivity index (χ1v) is 7.87. The molecule has 3 rings (SSSR count). The Balaban J connectivity index is 1.49. The summed E-state index contributed by atoms with van der Waals surface area (Å²) in [5, 5.41) is 12.8. The van der Waals surface area contributed by atoms with Crippen LogP contribution < -0.4 is 10.1 Å². The predicted octanol–water partition coefficient (Wildman–Crippen LogP) is 3.13. The molecule has 1 fully saturated rings. The Morgan fingerprint density at radius 2 is 1.77 bits per heavy atom. The highest BCUT2D eigenvalue weighted by atomic mass is 16.5. The SMILES string of the molecule is OCC1(CNCc2cccc(OCc3ccccc3)c2)CC1. The zero-order valence-corrected chi connectivity index (χ0v) is 12.8. The Morgan fingerprint density at radius 3 is 2.50 bits per heavy atom. The smallest absolute Gasteiger partial charge is 0.120 e. The molecule has 2 aromatic carbocycles. The van der Waals surface area contributed by atoms with Gasteiger partial charge in [0.25, 0.3) is 0 Å². The Labute approximate surface area is 131 Å². The molecule has 3 heteroatoms. The predicted molar refractivity (Wildman–Crippen MR) is 87.7 cm³/mol. The fourth-order valence-electron chi connectivity index (χ4n) is 2.53. The summed E-state index contributed by atoms with van der Waals surface area (Å²) < 4.78 is 5.85. The molecule has 1 aliphatic rings. The largest absolute Gasteiger partial charge is 0.489 e. The fraction of sp³-hybridized carbons (Fsp3) is 0.368. The van der Waals surface area contributed by atoms with Crippen LogP contribution in [0.1, 0.15) is 24.0 Å². The van der Waals surface area contributed by atoms with E-state index in [1.54, 1.807) is 0 Å². The van der Waals surface area contributed by atoms with Crippen LogP contribution in [0.5, 0.6) is 5.75 Å². The van der Waals surface area contributed by atoms with Crippen molar-refractivity contribution in [2.45, 2.75) is 26.0 Å². The van der Waals surface area contributed by atoms with Crippen LogP contribution in [0.2, 0.25) is 0 Å². The van der Waals surface area contributed by atoms with Crippen molar-refractivity contribution in [2.24, 2.45) is 5.41 Å². The van der Waals surface area contributed by atoms with Gasteiger partial charge in [0.2, 0.25) is 0 Å². The molecule has 22 heavy (non-hydrogen) atoms. The van der Waals surface area contributed by atoms with Gasteiger partial charge >= 0.3 is 0 Å². The summed E-state index contributed by atoms with van der Waals surface area (Å²) in [4.78, 5) is 0. The molecule has 0 heterocycles. The van der Waals surface area contributed by atoms with Gasteiger partial charge in [-0.25, -0.2) is 0 Å². The molecule has 2 N–H and O–H groups in total. The van der Waals surface area contributed by atoms with Gasteiger partial charge in [-0.15, -0.1) is 0 Å². The third kappa shape index (κ3) is 4.09. The topological polar surface area (TPSA) is 41.5 Å². The van der Waals surface area contributed by atoms with Gasteiger partial charge in [0, 0.05) is 25.1 Å². The van der Waals surface area contributed by atoms with Gasteiger partial charge in [0.15, 0.2) is 0 Å². The number of aliphatic hydroxyl groups is 1. The van der Waals surface area contributed by atoms with Crippen LogP contribution in [-0.2, 0) is 13.2 Å². The molecule has 1 aliphatic carbocycles. The van der Waals surface area contributed by atoms with Gasteiger partial charge in [0.1, 0.15) is 12.4 Å². The lowest BCUT2D eigenvalue weighted by molar-refractivity contribution is 0.207. The minimum absolute atomic E-state index is 0.154. The lowest BCUT2D eigenvalue weighted by atomic mass is 10.1. The molecule has 1 saturated carbocycles. The highest BCUT2D eigenvalue weighted by Crippen LogP contribution is 2.44. The lowest BCUT2D eigenvalue weighted by Gasteiger charge is -2.13. The third-order valence-corrected chi connectivity index (χ3v) is 4.27. The van der Waals surface area contributed by atoms with E-state index < -0.39 is 0 Å². The summed E-state index contributed by atoms with van der Waals surface area (Å²) in [7, 11) is 0. The number of ether oxygens (including phenoxy) is 1. The van der Waals surface area contributed by atoms with E-state index >= 15 is 0 Å². The average molecular weight is 297 g/mol. The number of aliphatic hydroxyl groups excluding tert-OH is 1. The normalized spacial score (nSPS) is 15.5.